The number of halogens is 1. The van der Waals surface area contributed by atoms with Crippen LogP contribution in [0.25, 0.3) is 0 Å². The summed E-state index contributed by atoms with van der Waals surface area (Å²) in [6, 6.07) is 0.435. The molecule has 0 N–H and O–H groups in total. The molecule has 1 unspecified atom stereocenters. The standard InChI is InChI=1S/C9H18FN/c1-7(2)8-5-9(3,10)6-11(8)4/h7-8H,5-6H2,1-4H3/t8?,9-/m1/s1. The van der Waals surface area contributed by atoms with Gasteiger partial charge in [-0.3, -0.25) is 4.90 Å². The van der Waals surface area contributed by atoms with Crippen molar-refractivity contribution in [1.82, 2.24) is 4.90 Å². The Bertz CT molecular complexity index is 142. The van der Waals surface area contributed by atoms with E-state index in [1.807, 2.05) is 7.05 Å². The molecule has 1 nitrogen and oxygen atoms in total. The molecule has 1 fully saturated rings. The van der Waals surface area contributed by atoms with Gasteiger partial charge in [0.1, 0.15) is 5.67 Å². The summed E-state index contributed by atoms with van der Waals surface area (Å²) in [5.74, 6) is 0.567. The van der Waals surface area contributed by atoms with E-state index in [0.29, 0.717) is 24.9 Å². The maximum absolute atomic E-state index is 13.4. The molecular formula is C9H18FN. The summed E-state index contributed by atoms with van der Waals surface area (Å²) in [4.78, 5) is 2.13. The number of alkyl halides is 1. The molecule has 1 aliphatic rings. The van der Waals surface area contributed by atoms with E-state index in [4.69, 9.17) is 0 Å². The van der Waals surface area contributed by atoms with E-state index in [9.17, 15) is 4.39 Å². The van der Waals surface area contributed by atoms with Crippen LogP contribution in [0.5, 0.6) is 0 Å². The van der Waals surface area contributed by atoms with Crippen LogP contribution in [-0.2, 0) is 0 Å². The third-order valence-corrected chi connectivity index (χ3v) is 2.55. The van der Waals surface area contributed by atoms with Crippen molar-refractivity contribution in [3.8, 4) is 0 Å². The van der Waals surface area contributed by atoms with Crippen LogP contribution >= 0.6 is 0 Å². The first kappa shape index (κ1) is 8.98. The summed E-state index contributed by atoms with van der Waals surface area (Å²) in [7, 11) is 2.01. The van der Waals surface area contributed by atoms with E-state index < -0.39 is 5.67 Å². The molecule has 0 amide bonds. The molecule has 0 aromatic rings. The first-order chi connectivity index (χ1) is 4.92. The minimum Gasteiger partial charge on any atom is -0.300 e. The highest BCUT2D eigenvalue weighted by Gasteiger charge is 2.39. The smallest absolute Gasteiger partial charge is 0.122 e. The molecule has 1 saturated heterocycles. The molecule has 0 spiro atoms. The summed E-state index contributed by atoms with van der Waals surface area (Å²) in [5, 5.41) is 0. The molecule has 0 aliphatic carbocycles. The van der Waals surface area contributed by atoms with Gasteiger partial charge in [-0.05, 0) is 26.3 Å². The van der Waals surface area contributed by atoms with Crippen LogP contribution in [0, 0.1) is 5.92 Å². The van der Waals surface area contributed by atoms with Crippen molar-refractivity contribution < 1.29 is 4.39 Å². The van der Waals surface area contributed by atoms with Crippen molar-refractivity contribution in [2.75, 3.05) is 13.6 Å². The van der Waals surface area contributed by atoms with Crippen molar-refractivity contribution in [2.45, 2.75) is 38.9 Å². The van der Waals surface area contributed by atoms with Gasteiger partial charge in [0, 0.05) is 12.6 Å². The lowest BCUT2D eigenvalue weighted by Gasteiger charge is -2.21. The summed E-state index contributed by atoms with van der Waals surface area (Å²) >= 11 is 0. The molecule has 0 saturated carbocycles. The zero-order valence-corrected chi connectivity index (χ0v) is 7.89. The second-order valence-electron chi connectivity index (χ2n) is 4.34. The van der Waals surface area contributed by atoms with Gasteiger partial charge in [0.25, 0.3) is 0 Å². The lowest BCUT2D eigenvalue weighted by atomic mass is 9.97. The largest absolute Gasteiger partial charge is 0.300 e. The quantitative estimate of drug-likeness (QED) is 0.566. The van der Waals surface area contributed by atoms with Crippen molar-refractivity contribution in [3.05, 3.63) is 0 Å². The third-order valence-electron chi connectivity index (χ3n) is 2.55. The fourth-order valence-corrected chi connectivity index (χ4v) is 2.04. The van der Waals surface area contributed by atoms with E-state index in [-0.39, 0.29) is 0 Å². The van der Waals surface area contributed by atoms with Crippen molar-refractivity contribution in [1.29, 1.82) is 0 Å². The van der Waals surface area contributed by atoms with Gasteiger partial charge in [-0.2, -0.15) is 0 Å². The normalized spacial score (nSPS) is 40.4. The highest BCUT2D eigenvalue weighted by atomic mass is 19.1. The zero-order chi connectivity index (χ0) is 8.65. The SMILES string of the molecule is CC(C)C1C[C@@](C)(F)CN1C. The van der Waals surface area contributed by atoms with Gasteiger partial charge in [0.05, 0.1) is 0 Å². The second kappa shape index (κ2) is 2.74. The first-order valence-electron chi connectivity index (χ1n) is 4.31. The summed E-state index contributed by atoms with van der Waals surface area (Å²) < 4.78 is 13.4. The average Bonchev–Trinajstić information content (AvgIpc) is 2.05. The number of nitrogens with zero attached hydrogens (tertiary/aromatic N) is 1. The van der Waals surface area contributed by atoms with Crippen molar-refractivity contribution >= 4 is 0 Å². The Morgan fingerprint density at radius 1 is 1.55 bits per heavy atom. The number of likely N-dealkylation sites (tertiary alicyclic amines) is 1. The molecule has 2 heteroatoms. The highest BCUT2D eigenvalue weighted by Crippen LogP contribution is 2.32. The van der Waals surface area contributed by atoms with Gasteiger partial charge in [-0.25, -0.2) is 4.39 Å². The number of rotatable bonds is 1. The van der Waals surface area contributed by atoms with Gasteiger partial charge < -0.3 is 0 Å². The molecule has 1 aliphatic heterocycles. The maximum Gasteiger partial charge on any atom is 0.122 e. The third kappa shape index (κ3) is 1.92. The van der Waals surface area contributed by atoms with E-state index in [1.165, 1.54) is 0 Å². The Kier molecular flexibility index (Phi) is 2.24. The van der Waals surface area contributed by atoms with Crippen LogP contribution in [0.1, 0.15) is 27.2 Å². The molecule has 0 aromatic carbocycles. The monoisotopic (exact) mass is 159 g/mol. The summed E-state index contributed by atoms with van der Waals surface area (Å²) in [6.07, 6.45) is 0.696. The van der Waals surface area contributed by atoms with Crippen LogP contribution in [0.15, 0.2) is 0 Å². The molecule has 66 valence electrons. The van der Waals surface area contributed by atoms with Crippen LogP contribution in [0.2, 0.25) is 0 Å². The van der Waals surface area contributed by atoms with Crippen LogP contribution < -0.4 is 0 Å². The van der Waals surface area contributed by atoms with E-state index in [0.717, 1.165) is 0 Å². The Morgan fingerprint density at radius 2 is 2.09 bits per heavy atom. The van der Waals surface area contributed by atoms with Crippen molar-refractivity contribution in [2.24, 2.45) is 5.92 Å². The van der Waals surface area contributed by atoms with E-state index >= 15 is 0 Å². The Labute approximate surface area is 68.6 Å². The minimum absolute atomic E-state index is 0.435. The Hall–Kier alpha value is -0.110. The van der Waals surface area contributed by atoms with Crippen LogP contribution in [0.4, 0.5) is 4.39 Å². The predicted molar refractivity (Wildman–Crippen MR) is 45.4 cm³/mol. The first-order valence-corrected chi connectivity index (χ1v) is 4.31. The summed E-state index contributed by atoms with van der Waals surface area (Å²) in [5.41, 5.74) is -0.955. The van der Waals surface area contributed by atoms with E-state index in [1.54, 1.807) is 6.92 Å². The lowest BCUT2D eigenvalue weighted by molar-refractivity contribution is 0.198. The number of hydrogen-bond acceptors (Lipinski definition) is 1. The fraction of sp³-hybridized carbons (Fsp3) is 1.00. The van der Waals surface area contributed by atoms with Gasteiger partial charge in [-0.1, -0.05) is 13.8 Å². The predicted octanol–water partition coefficient (Wildman–Crippen LogP) is 2.07. The second-order valence-corrected chi connectivity index (χ2v) is 4.34. The molecule has 0 bridgehead atoms. The molecule has 0 aromatic heterocycles. The maximum atomic E-state index is 13.4. The Balaban J connectivity index is 2.59. The van der Waals surface area contributed by atoms with Gasteiger partial charge >= 0.3 is 0 Å². The molecule has 2 atom stereocenters. The van der Waals surface area contributed by atoms with Gasteiger partial charge in [0.2, 0.25) is 0 Å². The van der Waals surface area contributed by atoms with Crippen LogP contribution in [0.3, 0.4) is 0 Å². The highest BCUT2D eigenvalue weighted by molar-refractivity contribution is 4.93. The summed E-state index contributed by atoms with van der Waals surface area (Å²) in [6.45, 7) is 6.60. The average molecular weight is 159 g/mol. The molecular weight excluding hydrogens is 141 g/mol. The minimum atomic E-state index is -0.955. The fourth-order valence-electron chi connectivity index (χ4n) is 2.04. The molecule has 1 heterocycles. The molecule has 0 radical (unpaired) electrons. The topological polar surface area (TPSA) is 3.24 Å². The van der Waals surface area contributed by atoms with E-state index in [2.05, 4.69) is 18.7 Å². The number of hydrogen-bond donors (Lipinski definition) is 0. The van der Waals surface area contributed by atoms with Gasteiger partial charge in [-0.15, -0.1) is 0 Å². The molecule has 11 heavy (non-hydrogen) atoms. The lowest BCUT2D eigenvalue weighted by Crippen LogP contribution is -2.29. The Morgan fingerprint density at radius 3 is 2.27 bits per heavy atom. The molecule has 1 rings (SSSR count). The van der Waals surface area contributed by atoms with Crippen molar-refractivity contribution in [3.63, 3.8) is 0 Å². The van der Waals surface area contributed by atoms with Gasteiger partial charge in [0.15, 0.2) is 0 Å². The zero-order valence-electron chi connectivity index (χ0n) is 7.89. The van der Waals surface area contributed by atoms with Crippen LogP contribution in [-0.4, -0.2) is 30.2 Å².